The highest BCUT2D eigenvalue weighted by Gasteiger charge is 2.26. The van der Waals surface area contributed by atoms with E-state index in [2.05, 4.69) is 18.2 Å². The van der Waals surface area contributed by atoms with Gasteiger partial charge in [-0.25, -0.2) is 0 Å². The predicted molar refractivity (Wildman–Crippen MR) is 111 cm³/mol. The van der Waals surface area contributed by atoms with Gasteiger partial charge in [0, 0.05) is 18.5 Å². The quantitative estimate of drug-likeness (QED) is 0.519. The van der Waals surface area contributed by atoms with E-state index in [1.165, 1.54) is 11.1 Å². The van der Waals surface area contributed by atoms with Crippen LogP contribution in [0, 0.1) is 0 Å². The predicted octanol–water partition coefficient (Wildman–Crippen LogP) is 4.49. The van der Waals surface area contributed by atoms with Crippen LogP contribution in [0.3, 0.4) is 0 Å². The van der Waals surface area contributed by atoms with Crippen LogP contribution < -0.4 is 4.74 Å². The van der Waals surface area contributed by atoms with Crippen LogP contribution in [-0.4, -0.2) is 29.0 Å². The third kappa shape index (κ3) is 3.18. The van der Waals surface area contributed by atoms with Crippen molar-refractivity contribution in [3.05, 3.63) is 89.3 Å². The summed E-state index contributed by atoms with van der Waals surface area (Å²) in [5, 5.41) is 0.939. The molecule has 1 aliphatic heterocycles. The number of rotatable bonds is 4. The lowest BCUT2D eigenvalue weighted by Crippen LogP contribution is -2.37. The minimum absolute atomic E-state index is 0.0359. The Bertz CT molecular complexity index is 1190. The van der Waals surface area contributed by atoms with Crippen molar-refractivity contribution in [2.75, 3.05) is 13.7 Å². The number of aromatic nitrogens is 1. The van der Waals surface area contributed by atoms with Crippen molar-refractivity contribution >= 4 is 17.0 Å². The van der Waals surface area contributed by atoms with Crippen molar-refractivity contribution < 1.29 is 13.9 Å². The van der Waals surface area contributed by atoms with Gasteiger partial charge in [0.15, 0.2) is 0 Å². The molecule has 3 heterocycles. The van der Waals surface area contributed by atoms with Gasteiger partial charge < -0.3 is 18.6 Å². The van der Waals surface area contributed by atoms with Crippen LogP contribution in [0.4, 0.5) is 0 Å². The summed E-state index contributed by atoms with van der Waals surface area (Å²) < 4.78 is 13.0. The Morgan fingerprint density at radius 3 is 2.79 bits per heavy atom. The number of ether oxygens (including phenoxy) is 1. The van der Waals surface area contributed by atoms with Crippen LogP contribution in [0.15, 0.2) is 71.3 Å². The lowest BCUT2D eigenvalue weighted by Gasteiger charge is -2.29. The maximum absolute atomic E-state index is 13.5. The number of hydrogen-bond donors (Lipinski definition) is 0. The molecule has 0 spiro atoms. The van der Waals surface area contributed by atoms with Gasteiger partial charge in [-0.1, -0.05) is 36.4 Å². The Morgan fingerprint density at radius 2 is 1.93 bits per heavy atom. The number of methoxy groups -OCH3 is 1. The van der Waals surface area contributed by atoms with Gasteiger partial charge in [-0.05, 0) is 47.4 Å². The number of carbonyl (C=O) groups is 1. The van der Waals surface area contributed by atoms with E-state index in [1.54, 1.807) is 13.4 Å². The Morgan fingerprint density at radius 1 is 1.07 bits per heavy atom. The summed E-state index contributed by atoms with van der Waals surface area (Å²) in [7, 11) is 1.66. The van der Waals surface area contributed by atoms with Crippen LogP contribution in [0.2, 0.25) is 0 Å². The molecule has 29 heavy (non-hydrogen) atoms. The van der Waals surface area contributed by atoms with Crippen molar-refractivity contribution in [2.45, 2.75) is 19.5 Å². The molecule has 1 amide bonds. The molecule has 0 unspecified atom stereocenters. The molecule has 146 valence electrons. The monoisotopic (exact) mass is 386 g/mol. The summed E-state index contributed by atoms with van der Waals surface area (Å²) in [6.07, 6.45) is 2.55. The van der Waals surface area contributed by atoms with Gasteiger partial charge in [0.05, 0.1) is 19.9 Å². The minimum atomic E-state index is 0.0359. The van der Waals surface area contributed by atoms with Gasteiger partial charge in [0.1, 0.15) is 11.4 Å². The first-order valence-corrected chi connectivity index (χ1v) is 9.78. The van der Waals surface area contributed by atoms with Crippen molar-refractivity contribution in [3.63, 3.8) is 0 Å². The summed E-state index contributed by atoms with van der Waals surface area (Å²) in [4.78, 5) is 15.4. The fourth-order valence-corrected chi connectivity index (χ4v) is 4.09. The Balaban J connectivity index is 1.49. The van der Waals surface area contributed by atoms with Crippen LogP contribution in [0.5, 0.6) is 5.75 Å². The fourth-order valence-electron chi connectivity index (χ4n) is 4.09. The van der Waals surface area contributed by atoms with Crippen LogP contribution in [-0.2, 0) is 19.5 Å². The maximum Gasteiger partial charge on any atom is 0.270 e. The second-order valence-corrected chi connectivity index (χ2v) is 7.39. The number of benzene rings is 2. The molecule has 2 aromatic carbocycles. The molecule has 0 fully saturated rings. The molecule has 0 N–H and O–H groups in total. The van der Waals surface area contributed by atoms with Crippen LogP contribution >= 0.6 is 0 Å². The third-order valence-corrected chi connectivity index (χ3v) is 5.61. The lowest BCUT2D eigenvalue weighted by molar-refractivity contribution is 0.0724. The summed E-state index contributed by atoms with van der Waals surface area (Å²) in [6, 6.07) is 20.1. The molecule has 0 atom stereocenters. The van der Waals surface area contributed by atoms with E-state index >= 15 is 0 Å². The van der Waals surface area contributed by atoms with E-state index < -0.39 is 0 Å². The first kappa shape index (κ1) is 17.6. The van der Waals surface area contributed by atoms with Gasteiger partial charge in [-0.15, -0.1) is 0 Å². The number of carbonyl (C=O) groups excluding carboxylic acids is 1. The number of amides is 1. The molecule has 0 saturated carbocycles. The zero-order valence-corrected chi connectivity index (χ0v) is 16.3. The third-order valence-electron chi connectivity index (χ3n) is 5.61. The molecule has 5 nitrogen and oxygen atoms in total. The van der Waals surface area contributed by atoms with Crippen molar-refractivity contribution in [3.8, 4) is 5.75 Å². The Kier molecular flexibility index (Phi) is 4.35. The number of nitrogens with zero attached hydrogens (tertiary/aromatic N) is 2. The summed E-state index contributed by atoms with van der Waals surface area (Å²) in [6.45, 7) is 1.90. The molecule has 1 aliphatic rings. The van der Waals surface area contributed by atoms with Crippen LogP contribution in [0.25, 0.3) is 11.1 Å². The van der Waals surface area contributed by atoms with E-state index in [-0.39, 0.29) is 5.91 Å². The molecule has 2 aromatic heterocycles. The smallest absolute Gasteiger partial charge is 0.270 e. The van der Waals surface area contributed by atoms with Gasteiger partial charge in [-0.2, -0.15) is 0 Å². The van der Waals surface area contributed by atoms with Crippen LogP contribution in [0.1, 0.15) is 27.2 Å². The van der Waals surface area contributed by atoms with Gasteiger partial charge in [0.25, 0.3) is 5.91 Å². The topological polar surface area (TPSA) is 47.6 Å². The second-order valence-electron chi connectivity index (χ2n) is 7.39. The van der Waals surface area contributed by atoms with E-state index in [4.69, 9.17) is 9.15 Å². The number of hydrogen-bond acceptors (Lipinski definition) is 3. The van der Waals surface area contributed by atoms with Crippen molar-refractivity contribution in [1.29, 1.82) is 0 Å². The van der Waals surface area contributed by atoms with Gasteiger partial charge in [0.2, 0.25) is 5.71 Å². The van der Waals surface area contributed by atoms with E-state index in [0.717, 1.165) is 29.7 Å². The maximum atomic E-state index is 13.5. The minimum Gasteiger partial charge on any atom is -0.497 e. The second kappa shape index (κ2) is 7.17. The van der Waals surface area contributed by atoms with E-state index in [1.807, 2.05) is 51.9 Å². The Hall–Kier alpha value is -3.47. The average molecular weight is 386 g/mol. The first-order valence-electron chi connectivity index (χ1n) is 9.78. The van der Waals surface area contributed by atoms with Gasteiger partial charge in [-0.3, -0.25) is 4.79 Å². The number of fused-ring (bicyclic) bond motifs is 2. The summed E-state index contributed by atoms with van der Waals surface area (Å²) in [5.41, 5.74) is 4.98. The largest absolute Gasteiger partial charge is 0.497 e. The molecule has 4 aromatic rings. The molecular weight excluding hydrogens is 364 g/mol. The first-order chi connectivity index (χ1) is 14.2. The molecule has 0 radical (unpaired) electrons. The normalized spacial score (nSPS) is 13.5. The number of furan rings is 1. The highest BCUT2D eigenvalue weighted by molar-refractivity contribution is 5.98. The zero-order chi connectivity index (χ0) is 19.8. The zero-order valence-electron chi connectivity index (χ0n) is 16.3. The lowest BCUT2D eigenvalue weighted by atomic mass is 10.00. The SMILES string of the molecule is COc1cccc(Cn2c(C(=O)N3CCc4ccccc4C3)cc3ccoc32)c1. The highest BCUT2D eigenvalue weighted by atomic mass is 16.5. The van der Waals surface area contributed by atoms with E-state index in [9.17, 15) is 4.79 Å². The van der Waals surface area contributed by atoms with Crippen molar-refractivity contribution in [2.24, 2.45) is 0 Å². The summed E-state index contributed by atoms with van der Waals surface area (Å²) >= 11 is 0. The average Bonchev–Trinajstić information content (AvgIpc) is 3.36. The molecular formula is C24H22N2O3. The standard InChI is InChI=1S/C24H22N2O3/c1-28-21-8-4-5-17(13-21)15-26-22(14-19-10-12-29-24(19)26)23(27)25-11-9-18-6-2-3-7-20(18)16-25/h2-8,10,12-14H,9,11,15-16H2,1H3. The van der Waals surface area contributed by atoms with Crippen molar-refractivity contribution in [1.82, 2.24) is 9.47 Å². The molecule has 0 aliphatic carbocycles. The molecule has 5 rings (SSSR count). The summed E-state index contributed by atoms with van der Waals surface area (Å²) in [5.74, 6) is 0.833. The van der Waals surface area contributed by atoms with E-state index in [0.29, 0.717) is 24.5 Å². The fraction of sp³-hybridized carbons (Fsp3) is 0.208. The highest BCUT2D eigenvalue weighted by Crippen LogP contribution is 2.26. The molecule has 0 saturated heterocycles. The molecule has 5 heteroatoms. The Labute approximate surface area is 169 Å². The molecule has 0 bridgehead atoms. The van der Waals surface area contributed by atoms with Gasteiger partial charge >= 0.3 is 0 Å².